The topological polar surface area (TPSA) is 18.5 Å². The van der Waals surface area contributed by atoms with Gasteiger partial charge in [0.15, 0.2) is 6.29 Å². The molecule has 1 fully saturated rings. The lowest BCUT2D eigenvalue weighted by molar-refractivity contribution is -0.0944. The second-order valence-electron chi connectivity index (χ2n) is 8.94. The van der Waals surface area contributed by atoms with Gasteiger partial charge in [0.25, 0.3) is 0 Å². The second kappa shape index (κ2) is 11.0. The molecule has 0 aliphatic heterocycles. The molecule has 0 bridgehead atoms. The van der Waals surface area contributed by atoms with Crippen molar-refractivity contribution in [1.82, 2.24) is 0 Å². The smallest absolute Gasteiger partial charge is 0.200 e. The van der Waals surface area contributed by atoms with Gasteiger partial charge in [-0.3, -0.25) is 0 Å². The summed E-state index contributed by atoms with van der Waals surface area (Å²) in [6, 6.07) is 8.61. The molecule has 1 saturated carbocycles. The van der Waals surface area contributed by atoms with Gasteiger partial charge in [0, 0.05) is 6.42 Å². The zero-order chi connectivity index (χ0) is 18.9. The van der Waals surface area contributed by atoms with Crippen LogP contribution in [0.25, 0.3) is 0 Å². The summed E-state index contributed by atoms with van der Waals surface area (Å²) in [5.74, 6) is 3.57. The summed E-state index contributed by atoms with van der Waals surface area (Å²) in [5, 5.41) is 0. The normalized spacial score (nSPS) is 18.3. The third kappa shape index (κ3) is 7.31. The number of benzene rings is 1. The molecule has 0 spiro atoms. The largest absolute Gasteiger partial charge is 0.465 e. The Balaban J connectivity index is 1.85. The maximum Gasteiger partial charge on any atom is 0.200 e. The van der Waals surface area contributed by atoms with Gasteiger partial charge in [-0.05, 0) is 47.8 Å². The molecule has 0 heterocycles. The highest BCUT2D eigenvalue weighted by molar-refractivity contribution is 5.29. The first-order valence-electron chi connectivity index (χ1n) is 10.8. The fourth-order valence-electron chi connectivity index (χ4n) is 3.76. The number of hydrogen-bond acceptors (Lipinski definition) is 2. The van der Waals surface area contributed by atoms with Crippen molar-refractivity contribution in [2.24, 2.45) is 17.8 Å². The summed E-state index contributed by atoms with van der Waals surface area (Å²) < 4.78 is 12.3. The SMILES string of the molecule is CC(C)CC(OCCC1CCCCC1)Oc1ccc(C(C)C(C)C)cc1. The molecule has 2 nitrogen and oxygen atoms in total. The van der Waals surface area contributed by atoms with Crippen LogP contribution < -0.4 is 4.74 Å². The Morgan fingerprint density at radius 3 is 2.15 bits per heavy atom. The van der Waals surface area contributed by atoms with Crippen LogP contribution in [0.4, 0.5) is 0 Å². The van der Waals surface area contributed by atoms with Gasteiger partial charge < -0.3 is 9.47 Å². The monoisotopic (exact) mass is 360 g/mol. The number of ether oxygens (including phenoxy) is 2. The van der Waals surface area contributed by atoms with E-state index < -0.39 is 0 Å². The first kappa shape index (κ1) is 21.3. The molecular weight excluding hydrogens is 320 g/mol. The van der Waals surface area contributed by atoms with Crippen molar-refractivity contribution in [1.29, 1.82) is 0 Å². The second-order valence-corrected chi connectivity index (χ2v) is 8.94. The predicted molar refractivity (Wildman–Crippen MR) is 111 cm³/mol. The van der Waals surface area contributed by atoms with Crippen LogP contribution in [0.15, 0.2) is 24.3 Å². The molecule has 0 aromatic heterocycles. The lowest BCUT2D eigenvalue weighted by Gasteiger charge is -2.25. The van der Waals surface area contributed by atoms with Crippen molar-refractivity contribution in [2.45, 2.75) is 91.8 Å². The molecule has 2 atom stereocenters. The summed E-state index contributed by atoms with van der Waals surface area (Å²) in [6.45, 7) is 12.1. The Morgan fingerprint density at radius 1 is 0.923 bits per heavy atom. The summed E-state index contributed by atoms with van der Waals surface area (Å²) >= 11 is 0. The van der Waals surface area contributed by atoms with Gasteiger partial charge in [-0.2, -0.15) is 0 Å². The van der Waals surface area contributed by atoms with E-state index in [1.807, 2.05) is 0 Å². The molecule has 1 aliphatic carbocycles. The molecule has 148 valence electrons. The molecule has 0 N–H and O–H groups in total. The van der Waals surface area contributed by atoms with E-state index in [2.05, 4.69) is 58.9 Å². The minimum atomic E-state index is -0.132. The summed E-state index contributed by atoms with van der Waals surface area (Å²) in [6.07, 6.45) is 8.98. The van der Waals surface area contributed by atoms with Crippen molar-refractivity contribution >= 4 is 0 Å². The zero-order valence-corrected chi connectivity index (χ0v) is 17.7. The van der Waals surface area contributed by atoms with Crippen LogP contribution in [-0.4, -0.2) is 12.9 Å². The van der Waals surface area contributed by atoms with Crippen LogP contribution in [0.5, 0.6) is 5.75 Å². The van der Waals surface area contributed by atoms with E-state index >= 15 is 0 Å². The Hall–Kier alpha value is -1.02. The molecule has 26 heavy (non-hydrogen) atoms. The van der Waals surface area contributed by atoms with Crippen LogP contribution in [-0.2, 0) is 4.74 Å². The van der Waals surface area contributed by atoms with Crippen LogP contribution in [0.3, 0.4) is 0 Å². The highest BCUT2D eigenvalue weighted by Crippen LogP contribution is 2.28. The number of rotatable bonds is 10. The zero-order valence-electron chi connectivity index (χ0n) is 17.7. The van der Waals surface area contributed by atoms with Crippen LogP contribution in [0.1, 0.15) is 91.0 Å². The minimum absolute atomic E-state index is 0.132. The van der Waals surface area contributed by atoms with E-state index in [0.717, 1.165) is 24.7 Å². The lowest BCUT2D eigenvalue weighted by atomic mass is 9.87. The van der Waals surface area contributed by atoms with Crippen molar-refractivity contribution < 1.29 is 9.47 Å². The summed E-state index contributed by atoms with van der Waals surface area (Å²) in [5.41, 5.74) is 1.38. The molecule has 1 aromatic rings. The van der Waals surface area contributed by atoms with E-state index in [1.54, 1.807) is 0 Å². The van der Waals surface area contributed by atoms with Crippen LogP contribution >= 0.6 is 0 Å². The molecule has 2 unspecified atom stereocenters. The Labute approximate surface area is 161 Å². The van der Waals surface area contributed by atoms with E-state index in [1.165, 1.54) is 44.1 Å². The van der Waals surface area contributed by atoms with Crippen molar-refractivity contribution in [3.63, 3.8) is 0 Å². The highest BCUT2D eigenvalue weighted by atomic mass is 16.7. The van der Waals surface area contributed by atoms with Crippen LogP contribution in [0, 0.1) is 17.8 Å². The van der Waals surface area contributed by atoms with Gasteiger partial charge in [-0.25, -0.2) is 0 Å². The Bertz CT molecular complexity index is 485. The predicted octanol–water partition coefficient (Wildman–Crippen LogP) is 7.18. The van der Waals surface area contributed by atoms with Gasteiger partial charge in [0.05, 0.1) is 6.61 Å². The van der Waals surface area contributed by atoms with Gasteiger partial charge in [-0.15, -0.1) is 0 Å². The summed E-state index contributed by atoms with van der Waals surface area (Å²) in [7, 11) is 0. The van der Waals surface area contributed by atoms with E-state index in [4.69, 9.17) is 9.47 Å². The van der Waals surface area contributed by atoms with Crippen molar-refractivity contribution in [2.75, 3.05) is 6.61 Å². The van der Waals surface area contributed by atoms with Gasteiger partial charge >= 0.3 is 0 Å². The van der Waals surface area contributed by atoms with Gasteiger partial charge in [0.2, 0.25) is 0 Å². The molecule has 0 radical (unpaired) electrons. The highest BCUT2D eigenvalue weighted by Gasteiger charge is 2.17. The average Bonchev–Trinajstić information content (AvgIpc) is 2.62. The fourth-order valence-corrected chi connectivity index (χ4v) is 3.76. The van der Waals surface area contributed by atoms with Gasteiger partial charge in [0.1, 0.15) is 5.75 Å². The number of hydrogen-bond donors (Lipinski definition) is 0. The lowest BCUT2D eigenvalue weighted by Crippen LogP contribution is -2.24. The maximum absolute atomic E-state index is 6.19. The standard InChI is InChI=1S/C24H40O2/c1-18(2)17-24(25-16-15-21-9-7-6-8-10-21)26-23-13-11-22(12-14-23)20(5)19(3)4/h11-14,18-21,24H,6-10,15-17H2,1-5H3. The van der Waals surface area contributed by atoms with E-state index in [9.17, 15) is 0 Å². The molecule has 2 rings (SSSR count). The first-order chi connectivity index (χ1) is 12.5. The quantitative estimate of drug-likeness (QED) is 0.411. The summed E-state index contributed by atoms with van der Waals surface area (Å²) in [4.78, 5) is 0. The molecule has 1 aliphatic rings. The average molecular weight is 361 g/mol. The van der Waals surface area contributed by atoms with E-state index in [-0.39, 0.29) is 6.29 Å². The third-order valence-corrected chi connectivity index (χ3v) is 5.89. The third-order valence-electron chi connectivity index (χ3n) is 5.89. The molecule has 2 heteroatoms. The maximum atomic E-state index is 6.19. The van der Waals surface area contributed by atoms with Crippen molar-refractivity contribution in [3.05, 3.63) is 29.8 Å². The fraction of sp³-hybridized carbons (Fsp3) is 0.750. The minimum Gasteiger partial charge on any atom is -0.465 e. The first-order valence-corrected chi connectivity index (χ1v) is 10.8. The van der Waals surface area contributed by atoms with E-state index in [0.29, 0.717) is 17.8 Å². The molecular formula is C24H40O2. The van der Waals surface area contributed by atoms with Crippen molar-refractivity contribution in [3.8, 4) is 5.75 Å². The molecule has 0 amide bonds. The Kier molecular flexibility index (Phi) is 8.98. The van der Waals surface area contributed by atoms with Gasteiger partial charge in [-0.1, -0.05) is 78.9 Å². The van der Waals surface area contributed by atoms with Crippen LogP contribution in [0.2, 0.25) is 0 Å². The molecule has 0 saturated heterocycles. The Morgan fingerprint density at radius 2 is 1.58 bits per heavy atom. The molecule has 1 aromatic carbocycles.